The van der Waals surface area contributed by atoms with Crippen LogP contribution in [0.4, 0.5) is 0 Å². The van der Waals surface area contributed by atoms with Gasteiger partial charge in [0.1, 0.15) is 5.75 Å². The van der Waals surface area contributed by atoms with E-state index in [2.05, 4.69) is 4.72 Å². The Labute approximate surface area is 139 Å². The number of aryl methyl sites for hydroxylation is 2. The minimum Gasteiger partial charge on any atom is -0.493 e. The molecule has 0 bridgehead atoms. The Morgan fingerprint density at radius 1 is 1.22 bits per heavy atom. The second kappa shape index (κ2) is 8.91. The first-order chi connectivity index (χ1) is 10.7. The number of hydrogen-bond donors (Lipinski definition) is 1. The molecule has 23 heavy (non-hydrogen) atoms. The van der Waals surface area contributed by atoms with Crippen LogP contribution in [0.1, 0.15) is 44.2 Å². The third-order valence-corrected chi connectivity index (χ3v) is 4.89. The summed E-state index contributed by atoms with van der Waals surface area (Å²) in [7, 11) is -3.57. The highest BCUT2D eigenvalue weighted by atomic mass is 32.2. The Bertz CT molecular complexity index is 605. The summed E-state index contributed by atoms with van der Waals surface area (Å²) in [4.78, 5) is 11.8. The molecular weight excluding hydrogens is 314 g/mol. The van der Waals surface area contributed by atoms with E-state index in [1.165, 1.54) is 0 Å². The molecule has 1 rings (SSSR count). The quantitative estimate of drug-likeness (QED) is 0.749. The lowest BCUT2D eigenvalue weighted by Gasteiger charge is -2.12. The third kappa shape index (κ3) is 8.02. The highest BCUT2D eigenvalue weighted by molar-refractivity contribution is 7.90. The molecule has 1 aromatic rings. The fourth-order valence-electron chi connectivity index (χ4n) is 2.49. The summed E-state index contributed by atoms with van der Waals surface area (Å²) in [6.45, 7) is 7.96. The molecule has 130 valence electrons. The van der Waals surface area contributed by atoms with Crippen LogP contribution in [0.25, 0.3) is 0 Å². The van der Waals surface area contributed by atoms with Gasteiger partial charge in [-0.3, -0.25) is 9.52 Å². The molecular formula is C17H27NO4S. The van der Waals surface area contributed by atoms with E-state index in [0.717, 1.165) is 24.0 Å². The van der Waals surface area contributed by atoms with Crippen LogP contribution in [0.5, 0.6) is 5.75 Å². The van der Waals surface area contributed by atoms with Gasteiger partial charge in [0.25, 0.3) is 0 Å². The average Bonchev–Trinajstić information content (AvgIpc) is 2.35. The summed E-state index contributed by atoms with van der Waals surface area (Å²) < 4.78 is 31.4. The van der Waals surface area contributed by atoms with Gasteiger partial charge in [0.2, 0.25) is 15.9 Å². The molecule has 0 aliphatic rings. The van der Waals surface area contributed by atoms with Gasteiger partial charge in [-0.05, 0) is 49.4 Å². The van der Waals surface area contributed by atoms with Crippen molar-refractivity contribution >= 4 is 15.9 Å². The van der Waals surface area contributed by atoms with Crippen molar-refractivity contribution in [3.05, 3.63) is 29.3 Å². The molecule has 6 heteroatoms. The molecule has 0 saturated carbocycles. The first-order valence-electron chi connectivity index (χ1n) is 7.96. The summed E-state index contributed by atoms with van der Waals surface area (Å²) in [6.07, 6.45) is 1.76. The summed E-state index contributed by atoms with van der Waals surface area (Å²) >= 11 is 0. The molecule has 0 saturated heterocycles. The van der Waals surface area contributed by atoms with Crippen molar-refractivity contribution in [2.24, 2.45) is 5.92 Å². The SMILES string of the molecule is CCCC(C)CS(=O)(=O)NC(=O)CCOc1cc(C)cc(C)c1. The van der Waals surface area contributed by atoms with Gasteiger partial charge in [0, 0.05) is 0 Å². The molecule has 1 N–H and O–H groups in total. The molecule has 0 spiro atoms. The molecule has 0 aromatic heterocycles. The zero-order valence-corrected chi connectivity index (χ0v) is 15.2. The molecule has 1 atom stereocenters. The Morgan fingerprint density at radius 3 is 2.39 bits per heavy atom. The highest BCUT2D eigenvalue weighted by Gasteiger charge is 2.18. The summed E-state index contributed by atoms with van der Waals surface area (Å²) in [6, 6.07) is 5.80. The number of ether oxygens (including phenoxy) is 1. The number of benzene rings is 1. The predicted octanol–water partition coefficient (Wildman–Crippen LogP) is 2.95. The maximum Gasteiger partial charge on any atom is 0.236 e. The Hall–Kier alpha value is -1.56. The van der Waals surface area contributed by atoms with Gasteiger partial charge in [0.05, 0.1) is 18.8 Å². The number of rotatable bonds is 9. The van der Waals surface area contributed by atoms with E-state index >= 15 is 0 Å². The standard InChI is InChI=1S/C17H27NO4S/c1-5-6-13(2)12-23(20,21)18-17(19)7-8-22-16-10-14(3)9-15(4)11-16/h9-11,13H,5-8,12H2,1-4H3,(H,18,19). The zero-order valence-electron chi connectivity index (χ0n) is 14.4. The molecule has 1 unspecified atom stereocenters. The van der Waals surface area contributed by atoms with E-state index in [1.807, 2.05) is 45.9 Å². The molecule has 5 nitrogen and oxygen atoms in total. The van der Waals surface area contributed by atoms with Crippen LogP contribution >= 0.6 is 0 Å². The smallest absolute Gasteiger partial charge is 0.236 e. The van der Waals surface area contributed by atoms with Crippen molar-refractivity contribution in [2.45, 2.75) is 47.0 Å². The van der Waals surface area contributed by atoms with E-state index < -0.39 is 15.9 Å². The molecule has 1 amide bonds. The van der Waals surface area contributed by atoms with Crippen LogP contribution in [-0.2, 0) is 14.8 Å². The zero-order chi connectivity index (χ0) is 17.5. The van der Waals surface area contributed by atoms with Crippen molar-refractivity contribution in [1.29, 1.82) is 0 Å². The first kappa shape index (κ1) is 19.5. The number of nitrogens with one attached hydrogen (secondary N) is 1. The van der Waals surface area contributed by atoms with E-state index in [0.29, 0.717) is 5.75 Å². The Morgan fingerprint density at radius 2 is 1.83 bits per heavy atom. The first-order valence-corrected chi connectivity index (χ1v) is 9.61. The molecule has 0 heterocycles. The van der Waals surface area contributed by atoms with Crippen LogP contribution in [0.15, 0.2) is 18.2 Å². The van der Waals surface area contributed by atoms with Crippen LogP contribution in [0, 0.1) is 19.8 Å². The lowest BCUT2D eigenvalue weighted by molar-refractivity contribution is -0.119. The van der Waals surface area contributed by atoms with E-state index in [9.17, 15) is 13.2 Å². The van der Waals surface area contributed by atoms with Crippen molar-refractivity contribution in [2.75, 3.05) is 12.4 Å². The van der Waals surface area contributed by atoms with Crippen molar-refractivity contribution in [3.8, 4) is 5.75 Å². The van der Waals surface area contributed by atoms with Gasteiger partial charge in [-0.25, -0.2) is 8.42 Å². The number of carbonyl (C=O) groups excluding carboxylic acids is 1. The fraction of sp³-hybridized carbons (Fsp3) is 0.588. The van der Waals surface area contributed by atoms with Gasteiger partial charge in [0.15, 0.2) is 0 Å². The summed E-state index contributed by atoms with van der Waals surface area (Å²) in [5.41, 5.74) is 2.16. The molecule has 0 fully saturated rings. The lowest BCUT2D eigenvalue weighted by atomic mass is 10.1. The normalized spacial score (nSPS) is 12.7. The van der Waals surface area contributed by atoms with Crippen LogP contribution in [0.3, 0.4) is 0 Å². The molecule has 0 radical (unpaired) electrons. The maximum atomic E-state index is 11.9. The Kier molecular flexibility index (Phi) is 7.55. The van der Waals surface area contributed by atoms with Crippen molar-refractivity contribution < 1.29 is 17.9 Å². The minimum atomic E-state index is -3.57. The van der Waals surface area contributed by atoms with Gasteiger partial charge < -0.3 is 4.74 Å². The molecule has 1 aromatic carbocycles. The summed E-state index contributed by atoms with van der Waals surface area (Å²) in [5.74, 6) is 0.175. The number of amides is 1. The van der Waals surface area contributed by atoms with Crippen LogP contribution in [0.2, 0.25) is 0 Å². The lowest BCUT2D eigenvalue weighted by Crippen LogP contribution is -2.35. The average molecular weight is 341 g/mol. The van der Waals surface area contributed by atoms with Crippen molar-refractivity contribution in [1.82, 2.24) is 4.72 Å². The maximum absolute atomic E-state index is 11.9. The van der Waals surface area contributed by atoms with E-state index in [-0.39, 0.29) is 24.7 Å². The molecule has 0 aliphatic heterocycles. The number of sulfonamides is 1. The summed E-state index contributed by atoms with van der Waals surface area (Å²) in [5, 5.41) is 0. The van der Waals surface area contributed by atoms with Gasteiger partial charge in [-0.2, -0.15) is 0 Å². The molecule has 0 aliphatic carbocycles. The van der Waals surface area contributed by atoms with Crippen LogP contribution in [-0.4, -0.2) is 26.7 Å². The second-order valence-corrected chi connectivity index (χ2v) is 7.89. The minimum absolute atomic E-state index is 0.00831. The van der Waals surface area contributed by atoms with Gasteiger partial charge >= 0.3 is 0 Å². The highest BCUT2D eigenvalue weighted by Crippen LogP contribution is 2.16. The number of carbonyl (C=O) groups is 1. The topological polar surface area (TPSA) is 72.5 Å². The van der Waals surface area contributed by atoms with Gasteiger partial charge in [-0.1, -0.05) is 26.3 Å². The predicted molar refractivity (Wildman–Crippen MR) is 92.0 cm³/mol. The van der Waals surface area contributed by atoms with Gasteiger partial charge in [-0.15, -0.1) is 0 Å². The van der Waals surface area contributed by atoms with Crippen molar-refractivity contribution in [3.63, 3.8) is 0 Å². The van der Waals surface area contributed by atoms with E-state index in [4.69, 9.17) is 4.74 Å². The second-order valence-electron chi connectivity index (χ2n) is 6.12. The third-order valence-electron chi connectivity index (χ3n) is 3.35. The fourth-order valence-corrected chi connectivity index (χ4v) is 3.94. The Balaban J connectivity index is 2.41. The number of hydrogen-bond acceptors (Lipinski definition) is 4. The van der Waals surface area contributed by atoms with E-state index in [1.54, 1.807) is 0 Å². The monoisotopic (exact) mass is 341 g/mol. The van der Waals surface area contributed by atoms with Crippen LogP contribution < -0.4 is 9.46 Å². The largest absolute Gasteiger partial charge is 0.493 e.